The van der Waals surface area contributed by atoms with Crippen LogP contribution in [0.3, 0.4) is 0 Å². The van der Waals surface area contributed by atoms with E-state index in [1.807, 2.05) is 24.3 Å². The lowest BCUT2D eigenvalue weighted by atomic mass is 10.1. The Kier molecular flexibility index (Phi) is 10.7. The van der Waals surface area contributed by atoms with Crippen LogP contribution in [-0.2, 0) is 4.74 Å². The molecule has 1 aliphatic rings. The van der Waals surface area contributed by atoms with E-state index in [0.29, 0.717) is 24.9 Å². The van der Waals surface area contributed by atoms with Crippen molar-refractivity contribution in [3.05, 3.63) is 60.0 Å². The maximum absolute atomic E-state index is 6.00. The van der Waals surface area contributed by atoms with Crippen molar-refractivity contribution >= 4 is 17.7 Å². The average Bonchev–Trinajstić information content (AvgIpc) is 2.87. The fourth-order valence-electron chi connectivity index (χ4n) is 4.18. The smallest absolute Gasteiger partial charge is 0.217 e. The number of hydrazone groups is 1. The highest BCUT2D eigenvalue weighted by Crippen LogP contribution is 2.25. The molecule has 0 spiro atoms. The van der Waals surface area contributed by atoms with Crippen molar-refractivity contribution in [3.63, 3.8) is 0 Å². The summed E-state index contributed by atoms with van der Waals surface area (Å²) in [4.78, 5) is 9.20. The van der Waals surface area contributed by atoms with Gasteiger partial charge in [0.2, 0.25) is 5.88 Å². The molecule has 2 aromatic rings. The number of rotatable bonds is 14. The second kappa shape index (κ2) is 14.2. The Balaban J connectivity index is 1.65. The average molecular weight is 480 g/mol. The van der Waals surface area contributed by atoms with Crippen LogP contribution in [0.4, 0.5) is 11.5 Å². The minimum absolute atomic E-state index is 0.400. The van der Waals surface area contributed by atoms with Crippen LogP contribution in [0.25, 0.3) is 0 Å². The minimum Gasteiger partial charge on any atom is -0.476 e. The zero-order chi connectivity index (χ0) is 24.9. The van der Waals surface area contributed by atoms with Crippen LogP contribution in [0.1, 0.15) is 57.1 Å². The zero-order valence-electron chi connectivity index (χ0n) is 21.6. The van der Waals surface area contributed by atoms with E-state index in [-0.39, 0.29) is 0 Å². The molecule has 1 aromatic heterocycles. The van der Waals surface area contributed by atoms with E-state index in [9.17, 15) is 0 Å². The molecule has 7 nitrogen and oxygen atoms in total. The molecule has 35 heavy (non-hydrogen) atoms. The first kappa shape index (κ1) is 26.4. The minimum atomic E-state index is 0.400. The summed E-state index contributed by atoms with van der Waals surface area (Å²) in [6.45, 7) is 15.4. The topological polar surface area (TPSA) is 62.2 Å². The Morgan fingerprint density at radius 3 is 2.60 bits per heavy atom. The van der Waals surface area contributed by atoms with Crippen molar-refractivity contribution in [2.45, 2.75) is 52.9 Å². The highest BCUT2D eigenvalue weighted by Gasteiger charge is 2.13. The van der Waals surface area contributed by atoms with Gasteiger partial charge in [-0.15, -0.1) is 0 Å². The molecule has 1 aliphatic heterocycles. The van der Waals surface area contributed by atoms with Crippen LogP contribution in [0, 0.1) is 6.92 Å². The maximum atomic E-state index is 6.00. The number of nitrogens with one attached hydrogen (secondary N) is 1. The predicted octanol–water partition coefficient (Wildman–Crippen LogP) is 5.81. The van der Waals surface area contributed by atoms with E-state index in [0.717, 1.165) is 56.2 Å². The molecule has 3 rings (SSSR count). The number of benzene rings is 1. The first-order chi connectivity index (χ1) is 17.1. The van der Waals surface area contributed by atoms with Gasteiger partial charge in [0.05, 0.1) is 6.21 Å². The normalized spacial score (nSPS) is 13.6. The standard InChI is InChI=1S/C28H41N5O2/c1-5-13-33(14-6-2)26-20-27(31-29-22-25-12-10-11-23(3)19-25)30-28(21-26)35-18-17-34-24(4)32-15-8-7-9-16-32/h10-12,19-22H,4-9,13-18H2,1-3H3,(H,30,31)/b29-22+. The van der Waals surface area contributed by atoms with E-state index >= 15 is 0 Å². The Morgan fingerprint density at radius 2 is 1.89 bits per heavy atom. The summed E-state index contributed by atoms with van der Waals surface area (Å²) in [6, 6.07) is 12.2. The summed E-state index contributed by atoms with van der Waals surface area (Å²) < 4.78 is 11.8. The molecule has 2 heterocycles. The van der Waals surface area contributed by atoms with Crippen molar-refractivity contribution in [2.24, 2.45) is 5.10 Å². The number of aryl methyl sites for hydroxylation is 1. The Bertz CT molecular complexity index is 950. The zero-order valence-corrected chi connectivity index (χ0v) is 21.6. The van der Waals surface area contributed by atoms with Crippen LogP contribution in [0.5, 0.6) is 5.88 Å². The molecule has 1 fully saturated rings. The van der Waals surface area contributed by atoms with Crippen LogP contribution in [0.2, 0.25) is 0 Å². The van der Waals surface area contributed by atoms with Crippen molar-refractivity contribution in [1.82, 2.24) is 9.88 Å². The van der Waals surface area contributed by atoms with Gasteiger partial charge < -0.3 is 19.3 Å². The van der Waals surface area contributed by atoms with E-state index in [2.05, 4.69) is 64.8 Å². The largest absolute Gasteiger partial charge is 0.476 e. The van der Waals surface area contributed by atoms with Crippen LogP contribution < -0.4 is 15.1 Å². The molecule has 190 valence electrons. The lowest BCUT2D eigenvalue weighted by Gasteiger charge is -2.29. The van der Waals surface area contributed by atoms with Gasteiger partial charge in [-0.25, -0.2) is 0 Å². The molecule has 1 aromatic carbocycles. The molecule has 1 N–H and O–H groups in total. The Hall–Kier alpha value is -3.22. The van der Waals surface area contributed by atoms with Gasteiger partial charge in [-0.05, 0) is 51.2 Å². The molecule has 1 saturated heterocycles. The molecular weight excluding hydrogens is 438 g/mol. The third kappa shape index (κ3) is 8.81. The summed E-state index contributed by atoms with van der Waals surface area (Å²) >= 11 is 0. The molecule has 0 atom stereocenters. The van der Waals surface area contributed by atoms with Gasteiger partial charge in [0, 0.05) is 44.0 Å². The first-order valence-electron chi connectivity index (χ1n) is 12.9. The maximum Gasteiger partial charge on any atom is 0.217 e. The van der Waals surface area contributed by atoms with Crippen LogP contribution in [0.15, 0.2) is 54.0 Å². The molecule has 0 bridgehead atoms. The fraction of sp³-hybridized carbons (Fsp3) is 0.500. The van der Waals surface area contributed by atoms with Crippen molar-refractivity contribution < 1.29 is 9.47 Å². The number of aromatic nitrogens is 1. The van der Waals surface area contributed by atoms with E-state index in [1.165, 1.54) is 24.8 Å². The van der Waals surface area contributed by atoms with Gasteiger partial charge in [0.25, 0.3) is 0 Å². The van der Waals surface area contributed by atoms with E-state index < -0.39 is 0 Å². The monoisotopic (exact) mass is 479 g/mol. The number of anilines is 2. The molecule has 0 amide bonds. The molecular formula is C28H41N5O2. The number of likely N-dealkylation sites (tertiary alicyclic amines) is 1. The van der Waals surface area contributed by atoms with Gasteiger partial charge in [-0.1, -0.05) is 43.7 Å². The summed E-state index contributed by atoms with van der Waals surface area (Å²) in [5.41, 5.74) is 6.39. The predicted molar refractivity (Wildman–Crippen MR) is 145 cm³/mol. The highest BCUT2D eigenvalue weighted by molar-refractivity contribution is 5.80. The highest BCUT2D eigenvalue weighted by atomic mass is 16.5. The lowest BCUT2D eigenvalue weighted by Crippen LogP contribution is -2.30. The number of ether oxygens (including phenoxy) is 2. The Labute approximate surface area is 210 Å². The number of pyridine rings is 1. The lowest BCUT2D eigenvalue weighted by molar-refractivity contribution is 0.0799. The number of nitrogens with zero attached hydrogens (tertiary/aromatic N) is 4. The second-order valence-electron chi connectivity index (χ2n) is 8.96. The SMILES string of the molecule is C=C(OCCOc1cc(N(CCC)CCC)cc(N/N=C/c2cccc(C)c2)n1)N1CCCCC1. The van der Waals surface area contributed by atoms with E-state index in [1.54, 1.807) is 6.21 Å². The number of piperidine rings is 1. The molecule has 0 unspecified atom stereocenters. The molecule has 0 radical (unpaired) electrons. The number of hydrogen-bond donors (Lipinski definition) is 1. The van der Waals surface area contributed by atoms with Gasteiger partial charge in [0.1, 0.15) is 13.2 Å². The quantitative estimate of drug-likeness (QED) is 0.160. The molecule has 7 heteroatoms. The van der Waals surface area contributed by atoms with E-state index in [4.69, 9.17) is 9.47 Å². The fourth-order valence-corrected chi connectivity index (χ4v) is 4.18. The van der Waals surface area contributed by atoms with Gasteiger partial charge in [0.15, 0.2) is 11.7 Å². The van der Waals surface area contributed by atoms with Crippen molar-refractivity contribution in [2.75, 3.05) is 49.7 Å². The summed E-state index contributed by atoms with van der Waals surface area (Å²) in [7, 11) is 0. The molecule has 0 saturated carbocycles. The molecule has 0 aliphatic carbocycles. The number of hydrogen-bond acceptors (Lipinski definition) is 7. The third-order valence-corrected chi connectivity index (χ3v) is 5.88. The van der Waals surface area contributed by atoms with Gasteiger partial charge in [-0.3, -0.25) is 5.43 Å². The van der Waals surface area contributed by atoms with Gasteiger partial charge in [-0.2, -0.15) is 10.1 Å². The van der Waals surface area contributed by atoms with Crippen molar-refractivity contribution in [1.29, 1.82) is 0 Å². The summed E-state index contributed by atoms with van der Waals surface area (Å²) in [6.07, 6.45) is 7.62. The summed E-state index contributed by atoms with van der Waals surface area (Å²) in [5, 5.41) is 4.40. The second-order valence-corrected chi connectivity index (χ2v) is 8.96. The Morgan fingerprint density at radius 1 is 1.11 bits per heavy atom. The van der Waals surface area contributed by atoms with Crippen LogP contribution in [-0.4, -0.2) is 55.5 Å². The first-order valence-corrected chi connectivity index (χ1v) is 12.9. The van der Waals surface area contributed by atoms with Crippen LogP contribution >= 0.6 is 0 Å². The third-order valence-electron chi connectivity index (χ3n) is 5.88. The van der Waals surface area contributed by atoms with Gasteiger partial charge >= 0.3 is 0 Å². The van der Waals surface area contributed by atoms with Crippen molar-refractivity contribution in [3.8, 4) is 5.88 Å². The summed E-state index contributed by atoms with van der Waals surface area (Å²) in [5.74, 6) is 1.94.